The molecule has 0 bridgehead atoms. The molecule has 0 unspecified atom stereocenters. The second-order valence-corrected chi connectivity index (χ2v) is 8.18. The molecule has 30 heavy (non-hydrogen) atoms. The Kier molecular flexibility index (Phi) is 4.37. The molecule has 0 radical (unpaired) electrons. The number of pyridine rings is 1. The first-order valence-electron chi connectivity index (χ1n) is 10.2. The molecule has 150 valence electrons. The largest absolute Gasteiger partial charge is 0.368 e. The second-order valence-electron chi connectivity index (χ2n) is 8.18. The molecule has 7 heteroatoms. The molecule has 0 aliphatic carbocycles. The van der Waals surface area contributed by atoms with Crippen LogP contribution >= 0.6 is 0 Å². The van der Waals surface area contributed by atoms with Gasteiger partial charge in [-0.15, -0.1) is 0 Å². The lowest BCUT2D eigenvalue weighted by Gasteiger charge is -2.37. The molecule has 2 atom stereocenters. The number of fused-ring (bicyclic) bond motifs is 2. The summed E-state index contributed by atoms with van der Waals surface area (Å²) in [6.45, 7) is 8.31. The molecule has 0 saturated carbocycles. The van der Waals surface area contributed by atoms with Gasteiger partial charge >= 0.3 is 0 Å². The first-order valence-corrected chi connectivity index (χ1v) is 10.2. The molecule has 1 fully saturated rings. The minimum absolute atomic E-state index is 0.458. The topological polar surface area (TPSA) is 82.1 Å². The van der Waals surface area contributed by atoms with E-state index in [1.165, 1.54) is 5.69 Å². The lowest BCUT2D eigenvalue weighted by Crippen LogP contribution is -2.54. The molecule has 0 amide bonds. The highest BCUT2D eigenvalue weighted by Crippen LogP contribution is 2.26. The number of aromatic nitrogens is 4. The number of piperazine rings is 1. The van der Waals surface area contributed by atoms with E-state index in [0.717, 1.165) is 35.2 Å². The van der Waals surface area contributed by atoms with E-state index in [0.29, 0.717) is 29.1 Å². The minimum Gasteiger partial charge on any atom is -0.368 e. The lowest BCUT2D eigenvalue weighted by atomic mass is 10.1. The third-order valence-electron chi connectivity index (χ3n) is 5.54. The summed E-state index contributed by atoms with van der Waals surface area (Å²) < 4.78 is 1.87. The summed E-state index contributed by atoms with van der Waals surface area (Å²) in [7, 11) is 0. The number of aryl methyl sites for hydroxylation is 1. The van der Waals surface area contributed by atoms with Crippen LogP contribution in [-0.4, -0.2) is 44.5 Å². The van der Waals surface area contributed by atoms with E-state index in [2.05, 4.69) is 58.3 Å². The number of benzene rings is 1. The van der Waals surface area contributed by atoms with E-state index in [-0.39, 0.29) is 0 Å². The van der Waals surface area contributed by atoms with Crippen molar-refractivity contribution in [1.82, 2.24) is 24.7 Å². The number of nitriles is 1. The van der Waals surface area contributed by atoms with Crippen LogP contribution in [0.5, 0.6) is 0 Å². The van der Waals surface area contributed by atoms with Crippen LogP contribution in [0.1, 0.15) is 25.1 Å². The van der Waals surface area contributed by atoms with Crippen LogP contribution in [-0.2, 0) is 0 Å². The zero-order chi connectivity index (χ0) is 20.8. The van der Waals surface area contributed by atoms with Crippen LogP contribution in [0.25, 0.3) is 27.9 Å². The van der Waals surface area contributed by atoms with Crippen molar-refractivity contribution < 1.29 is 0 Å². The van der Waals surface area contributed by atoms with E-state index in [1.54, 1.807) is 6.07 Å². The van der Waals surface area contributed by atoms with Crippen molar-refractivity contribution in [2.45, 2.75) is 32.9 Å². The van der Waals surface area contributed by atoms with Crippen molar-refractivity contribution in [3.8, 4) is 17.5 Å². The Bertz CT molecular complexity index is 1290. The van der Waals surface area contributed by atoms with Gasteiger partial charge in [-0.05, 0) is 45.0 Å². The molecule has 1 aliphatic heterocycles. The maximum Gasteiger partial charge on any atom is 0.161 e. The van der Waals surface area contributed by atoms with Crippen molar-refractivity contribution in [1.29, 1.82) is 5.26 Å². The van der Waals surface area contributed by atoms with Crippen molar-refractivity contribution in [3.63, 3.8) is 0 Å². The fourth-order valence-corrected chi connectivity index (χ4v) is 4.32. The number of imidazole rings is 1. The molecule has 1 saturated heterocycles. The standard InChI is InChI=1S/C23H23N7/c1-14-10-29(11-15(2)26-14)20-4-5-21-18(7-20)9-25-22(28-21)19-6-17(8-24)23-27-16(3)12-30(23)13-19/h4-7,9,12-15,26H,10-11H2,1-3H3/t14-,15+. The summed E-state index contributed by atoms with van der Waals surface area (Å²) in [5, 5.41) is 14.1. The second kappa shape index (κ2) is 7.08. The van der Waals surface area contributed by atoms with Crippen molar-refractivity contribution in [2.75, 3.05) is 18.0 Å². The highest BCUT2D eigenvalue weighted by molar-refractivity contribution is 5.83. The van der Waals surface area contributed by atoms with Crippen molar-refractivity contribution in [3.05, 3.63) is 54.1 Å². The van der Waals surface area contributed by atoms with E-state index < -0.39 is 0 Å². The summed E-state index contributed by atoms with van der Waals surface area (Å²) in [6.07, 6.45) is 5.70. The van der Waals surface area contributed by atoms with Crippen LogP contribution in [0.15, 0.2) is 42.9 Å². The first-order chi connectivity index (χ1) is 14.5. The molecule has 1 aliphatic rings. The zero-order valence-corrected chi connectivity index (χ0v) is 17.3. The number of hydrogen-bond acceptors (Lipinski definition) is 6. The summed E-state index contributed by atoms with van der Waals surface area (Å²) >= 11 is 0. The zero-order valence-electron chi connectivity index (χ0n) is 17.3. The molecular formula is C23H23N7. The average molecular weight is 397 g/mol. The molecule has 7 nitrogen and oxygen atoms in total. The van der Waals surface area contributed by atoms with Crippen LogP contribution < -0.4 is 10.2 Å². The van der Waals surface area contributed by atoms with Gasteiger partial charge < -0.3 is 14.6 Å². The van der Waals surface area contributed by atoms with Gasteiger partial charge in [0, 0.05) is 60.4 Å². The Morgan fingerprint density at radius 1 is 1.10 bits per heavy atom. The summed E-state index contributed by atoms with van der Waals surface area (Å²) in [6, 6.07) is 11.3. The van der Waals surface area contributed by atoms with E-state index in [1.807, 2.05) is 29.9 Å². The number of rotatable bonds is 2. The Balaban J connectivity index is 1.53. The van der Waals surface area contributed by atoms with E-state index >= 15 is 0 Å². The van der Waals surface area contributed by atoms with Gasteiger partial charge in [0.2, 0.25) is 0 Å². The Morgan fingerprint density at radius 2 is 1.90 bits per heavy atom. The predicted octanol–water partition coefficient (Wildman–Crippen LogP) is 3.31. The van der Waals surface area contributed by atoms with E-state index in [4.69, 9.17) is 4.98 Å². The SMILES string of the molecule is Cc1cn2cc(-c3ncc4cc(N5C[C@@H](C)N[C@@H](C)C5)ccc4n3)cc(C#N)c2n1. The van der Waals surface area contributed by atoms with Gasteiger partial charge in [-0.3, -0.25) is 0 Å². The highest BCUT2D eigenvalue weighted by atomic mass is 15.2. The van der Waals surface area contributed by atoms with Crippen molar-refractivity contribution in [2.24, 2.45) is 0 Å². The first kappa shape index (κ1) is 18.5. The van der Waals surface area contributed by atoms with Crippen LogP contribution in [0.2, 0.25) is 0 Å². The smallest absolute Gasteiger partial charge is 0.161 e. The molecule has 0 spiro atoms. The number of anilines is 1. The maximum atomic E-state index is 9.53. The van der Waals surface area contributed by atoms with Gasteiger partial charge in [0.25, 0.3) is 0 Å². The van der Waals surface area contributed by atoms with Gasteiger partial charge in [-0.1, -0.05) is 0 Å². The minimum atomic E-state index is 0.458. The van der Waals surface area contributed by atoms with Gasteiger partial charge in [0.05, 0.1) is 16.8 Å². The van der Waals surface area contributed by atoms with E-state index in [9.17, 15) is 5.26 Å². The van der Waals surface area contributed by atoms with Gasteiger partial charge in [0.1, 0.15) is 6.07 Å². The molecule has 5 rings (SSSR count). The van der Waals surface area contributed by atoms with Gasteiger partial charge in [0.15, 0.2) is 11.5 Å². The summed E-state index contributed by atoms with van der Waals surface area (Å²) in [5.74, 6) is 0.601. The monoisotopic (exact) mass is 397 g/mol. The number of nitrogens with one attached hydrogen (secondary N) is 1. The average Bonchev–Trinajstić information content (AvgIpc) is 3.11. The molecular weight excluding hydrogens is 374 g/mol. The van der Waals surface area contributed by atoms with Gasteiger partial charge in [-0.25, -0.2) is 15.0 Å². The quantitative estimate of drug-likeness (QED) is 0.559. The summed E-state index contributed by atoms with van der Waals surface area (Å²) in [5.41, 5.74) is 4.92. The fraction of sp³-hybridized carbons (Fsp3) is 0.304. The normalized spacial score (nSPS) is 19.3. The molecule has 4 aromatic rings. The fourth-order valence-electron chi connectivity index (χ4n) is 4.32. The van der Waals surface area contributed by atoms with Crippen LogP contribution in [0, 0.1) is 18.3 Å². The molecule has 3 aromatic heterocycles. The Labute approximate surface area is 175 Å². The maximum absolute atomic E-state index is 9.53. The lowest BCUT2D eigenvalue weighted by molar-refractivity contribution is 0.407. The number of hydrogen-bond donors (Lipinski definition) is 1. The summed E-state index contributed by atoms with van der Waals surface area (Å²) in [4.78, 5) is 16.2. The highest BCUT2D eigenvalue weighted by Gasteiger charge is 2.21. The third-order valence-corrected chi connectivity index (χ3v) is 5.54. The molecule has 4 heterocycles. The molecule has 1 aromatic carbocycles. The van der Waals surface area contributed by atoms with Gasteiger partial charge in [-0.2, -0.15) is 5.26 Å². The Hall–Kier alpha value is -3.50. The number of nitrogens with zero attached hydrogens (tertiary/aromatic N) is 6. The van der Waals surface area contributed by atoms with Crippen molar-refractivity contribution >= 4 is 22.2 Å². The molecule has 1 N–H and O–H groups in total. The Morgan fingerprint density at radius 3 is 2.67 bits per heavy atom. The predicted molar refractivity (Wildman–Crippen MR) is 117 cm³/mol. The van der Waals surface area contributed by atoms with Crippen LogP contribution in [0.4, 0.5) is 5.69 Å². The third kappa shape index (κ3) is 3.25. The van der Waals surface area contributed by atoms with Crippen LogP contribution in [0.3, 0.4) is 0 Å².